The number of nitrogens with one attached hydrogen (secondary N) is 1. The lowest BCUT2D eigenvalue weighted by Gasteiger charge is -2.15. The van der Waals surface area contributed by atoms with Crippen LogP contribution in [-0.4, -0.2) is 21.8 Å². The molecule has 0 amide bonds. The first-order valence-electron chi connectivity index (χ1n) is 7.31. The molecule has 20 heavy (non-hydrogen) atoms. The van der Waals surface area contributed by atoms with Gasteiger partial charge in [0.05, 0.1) is 5.69 Å². The van der Waals surface area contributed by atoms with Crippen LogP contribution in [0.4, 0.5) is 0 Å². The van der Waals surface area contributed by atoms with Gasteiger partial charge in [0.1, 0.15) is 0 Å². The Morgan fingerprint density at radius 1 is 1.25 bits per heavy atom. The van der Waals surface area contributed by atoms with Crippen molar-refractivity contribution < 1.29 is 0 Å². The van der Waals surface area contributed by atoms with E-state index < -0.39 is 0 Å². The molecule has 0 radical (unpaired) electrons. The van der Waals surface area contributed by atoms with Gasteiger partial charge in [0.2, 0.25) is 0 Å². The van der Waals surface area contributed by atoms with E-state index in [0.717, 1.165) is 30.7 Å². The Hall–Kier alpha value is -1.68. The van der Waals surface area contributed by atoms with Gasteiger partial charge in [0, 0.05) is 43.2 Å². The molecular weight excluding hydrogens is 248 g/mol. The zero-order chi connectivity index (χ0) is 14.5. The van der Waals surface area contributed by atoms with E-state index in [1.54, 1.807) is 0 Å². The molecule has 0 aliphatic carbocycles. The minimum absolute atomic E-state index is 0.263. The van der Waals surface area contributed by atoms with Crippen molar-refractivity contribution in [3.63, 3.8) is 0 Å². The van der Waals surface area contributed by atoms with Crippen LogP contribution in [0.3, 0.4) is 0 Å². The van der Waals surface area contributed by atoms with Crippen LogP contribution in [0.1, 0.15) is 42.4 Å². The highest BCUT2D eigenvalue weighted by molar-refractivity contribution is 5.24. The van der Waals surface area contributed by atoms with Gasteiger partial charge in [-0.1, -0.05) is 19.9 Å². The van der Waals surface area contributed by atoms with Gasteiger partial charge in [-0.25, -0.2) is 0 Å². The van der Waals surface area contributed by atoms with E-state index in [-0.39, 0.29) is 6.04 Å². The number of rotatable bonds is 6. The highest BCUT2D eigenvalue weighted by Gasteiger charge is 2.17. The Morgan fingerprint density at radius 2 is 2.05 bits per heavy atom. The van der Waals surface area contributed by atoms with Crippen LogP contribution in [0.15, 0.2) is 24.5 Å². The highest BCUT2D eigenvalue weighted by atomic mass is 15.3. The van der Waals surface area contributed by atoms with E-state index >= 15 is 0 Å². The van der Waals surface area contributed by atoms with Crippen molar-refractivity contribution in [3.8, 4) is 0 Å². The topological polar surface area (TPSA) is 42.7 Å². The fourth-order valence-electron chi connectivity index (χ4n) is 2.48. The Kier molecular flexibility index (Phi) is 4.90. The van der Waals surface area contributed by atoms with Gasteiger partial charge in [-0.2, -0.15) is 5.10 Å². The summed E-state index contributed by atoms with van der Waals surface area (Å²) < 4.78 is 1.89. The third-order valence-electron chi connectivity index (χ3n) is 3.70. The number of hydrogen-bond donors (Lipinski definition) is 1. The van der Waals surface area contributed by atoms with Crippen LogP contribution in [0.25, 0.3) is 0 Å². The summed E-state index contributed by atoms with van der Waals surface area (Å²) in [6.07, 6.45) is 6.97. The summed E-state index contributed by atoms with van der Waals surface area (Å²) in [5, 5.41) is 7.91. The van der Waals surface area contributed by atoms with Gasteiger partial charge in [-0.3, -0.25) is 9.67 Å². The summed E-state index contributed by atoms with van der Waals surface area (Å²) in [7, 11) is 3.97. The molecule has 1 unspecified atom stereocenters. The van der Waals surface area contributed by atoms with Crippen molar-refractivity contribution in [3.05, 3.63) is 47.0 Å². The maximum atomic E-state index is 4.56. The fraction of sp³-hybridized carbons (Fsp3) is 0.500. The molecule has 4 heteroatoms. The third kappa shape index (κ3) is 3.25. The SMILES string of the molecule is CCc1ccc(CC(NC)c2cn(C)nc2CC)nc1. The second-order valence-electron chi connectivity index (χ2n) is 5.12. The fourth-order valence-corrected chi connectivity index (χ4v) is 2.48. The van der Waals surface area contributed by atoms with Crippen LogP contribution < -0.4 is 5.32 Å². The number of aryl methyl sites for hydroxylation is 3. The van der Waals surface area contributed by atoms with E-state index in [0.29, 0.717) is 0 Å². The minimum Gasteiger partial charge on any atom is -0.313 e. The quantitative estimate of drug-likeness (QED) is 0.878. The molecule has 108 valence electrons. The van der Waals surface area contributed by atoms with E-state index in [1.807, 2.05) is 25.0 Å². The monoisotopic (exact) mass is 272 g/mol. The number of hydrogen-bond acceptors (Lipinski definition) is 3. The molecule has 2 heterocycles. The summed E-state index contributed by atoms with van der Waals surface area (Å²) in [4.78, 5) is 4.56. The van der Waals surface area contributed by atoms with Crippen molar-refractivity contribution in [1.29, 1.82) is 0 Å². The number of nitrogens with zero attached hydrogens (tertiary/aromatic N) is 3. The summed E-state index contributed by atoms with van der Waals surface area (Å²) in [6.45, 7) is 4.29. The minimum atomic E-state index is 0.263. The maximum absolute atomic E-state index is 4.56. The summed E-state index contributed by atoms with van der Waals surface area (Å²) in [5.74, 6) is 0. The first-order chi connectivity index (χ1) is 9.67. The lowest BCUT2D eigenvalue weighted by molar-refractivity contribution is 0.579. The van der Waals surface area contributed by atoms with Crippen molar-refractivity contribution in [2.75, 3.05) is 7.05 Å². The number of pyridine rings is 1. The van der Waals surface area contributed by atoms with Crippen LogP contribution in [0.2, 0.25) is 0 Å². The van der Waals surface area contributed by atoms with Crippen LogP contribution in [-0.2, 0) is 26.3 Å². The smallest absolute Gasteiger partial charge is 0.0669 e. The average molecular weight is 272 g/mol. The van der Waals surface area contributed by atoms with Gasteiger partial charge < -0.3 is 5.32 Å². The third-order valence-corrected chi connectivity index (χ3v) is 3.70. The molecule has 1 N–H and O–H groups in total. The Morgan fingerprint density at radius 3 is 2.60 bits per heavy atom. The maximum Gasteiger partial charge on any atom is 0.0669 e. The lowest BCUT2D eigenvalue weighted by atomic mass is 10.0. The van der Waals surface area contributed by atoms with Crippen LogP contribution in [0, 0.1) is 0 Å². The Bertz CT molecular complexity index is 542. The van der Waals surface area contributed by atoms with Gasteiger partial charge in [0.25, 0.3) is 0 Å². The van der Waals surface area contributed by atoms with E-state index in [1.165, 1.54) is 11.1 Å². The normalized spacial score (nSPS) is 12.6. The summed E-state index contributed by atoms with van der Waals surface area (Å²) in [6, 6.07) is 4.56. The molecule has 0 aliphatic heterocycles. The molecule has 0 fully saturated rings. The molecule has 0 saturated heterocycles. The van der Waals surface area contributed by atoms with Crippen molar-refractivity contribution in [2.24, 2.45) is 7.05 Å². The first-order valence-corrected chi connectivity index (χ1v) is 7.31. The molecule has 2 aromatic heterocycles. The van der Waals surface area contributed by atoms with E-state index in [4.69, 9.17) is 0 Å². The second-order valence-corrected chi connectivity index (χ2v) is 5.12. The van der Waals surface area contributed by atoms with Gasteiger partial charge in [-0.05, 0) is 31.5 Å². The Balaban J connectivity index is 2.19. The summed E-state index contributed by atoms with van der Waals surface area (Å²) >= 11 is 0. The van der Waals surface area contributed by atoms with Crippen molar-refractivity contribution >= 4 is 0 Å². The van der Waals surface area contributed by atoms with Crippen molar-refractivity contribution in [2.45, 2.75) is 39.2 Å². The molecular formula is C16H24N4. The van der Waals surface area contributed by atoms with Crippen LogP contribution >= 0.6 is 0 Å². The molecule has 1 atom stereocenters. The van der Waals surface area contributed by atoms with Gasteiger partial charge in [0.15, 0.2) is 0 Å². The van der Waals surface area contributed by atoms with E-state index in [9.17, 15) is 0 Å². The van der Waals surface area contributed by atoms with Gasteiger partial charge >= 0.3 is 0 Å². The van der Waals surface area contributed by atoms with Crippen molar-refractivity contribution in [1.82, 2.24) is 20.1 Å². The molecule has 0 aliphatic rings. The largest absolute Gasteiger partial charge is 0.313 e. The lowest BCUT2D eigenvalue weighted by Crippen LogP contribution is -2.20. The molecule has 0 spiro atoms. The molecule has 0 bridgehead atoms. The van der Waals surface area contributed by atoms with Crippen LogP contribution in [0.5, 0.6) is 0 Å². The number of aromatic nitrogens is 3. The molecule has 0 aromatic carbocycles. The number of likely N-dealkylation sites (N-methyl/N-ethyl adjacent to an activating group) is 1. The molecule has 2 rings (SSSR count). The Labute approximate surface area is 121 Å². The highest BCUT2D eigenvalue weighted by Crippen LogP contribution is 2.21. The van der Waals surface area contributed by atoms with Gasteiger partial charge in [-0.15, -0.1) is 0 Å². The zero-order valence-corrected chi connectivity index (χ0v) is 12.8. The first kappa shape index (κ1) is 14.7. The summed E-state index contributed by atoms with van der Waals surface area (Å²) in [5.41, 5.74) is 4.84. The molecule has 2 aromatic rings. The standard InChI is InChI=1S/C16H24N4/c1-5-12-7-8-13(18-10-12)9-16(17-3)14-11-20(4)19-15(14)6-2/h7-8,10-11,16-17H,5-6,9H2,1-4H3. The predicted octanol–water partition coefficient (Wildman–Crippen LogP) is 2.44. The van der Waals surface area contributed by atoms with E-state index in [2.05, 4.69) is 47.6 Å². The zero-order valence-electron chi connectivity index (χ0n) is 12.8. The molecule has 4 nitrogen and oxygen atoms in total. The second kappa shape index (κ2) is 6.66. The molecule has 0 saturated carbocycles. The predicted molar refractivity (Wildman–Crippen MR) is 81.7 cm³/mol. The average Bonchev–Trinajstić information content (AvgIpc) is 2.86.